The number of rotatable bonds is 3. The number of nitrogens with zero attached hydrogens (tertiary/aromatic N) is 1. The van der Waals surface area contributed by atoms with Gasteiger partial charge in [0, 0.05) is 13.1 Å². The van der Waals surface area contributed by atoms with E-state index in [1.165, 1.54) is 19.3 Å². The second kappa shape index (κ2) is 4.17. The molecule has 0 spiro atoms. The van der Waals surface area contributed by atoms with Gasteiger partial charge in [-0.15, -0.1) is 0 Å². The predicted molar refractivity (Wildman–Crippen MR) is 57.0 cm³/mol. The quantitative estimate of drug-likeness (QED) is 0.697. The van der Waals surface area contributed by atoms with E-state index >= 15 is 0 Å². The first kappa shape index (κ1) is 10.4. The number of hydrogen-bond acceptors (Lipinski definition) is 3. The molecule has 1 unspecified atom stereocenters. The van der Waals surface area contributed by atoms with Gasteiger partial charge < -0.3 is 15.7 Å². The minimum atomic E-state index is -0.372. The lowest BCUT2D eigenvalue weighted by atomic mass is 10.0. The Hall–Kier alpha value is -0.120. The van der Waals surface area contributed by atoms with Crippen molar-refractivity contribution in [2.45, 2.75) is 37.7 Å². The molecule has 0 aromatic carbocycles. The van der Waals surface area contributed by atoms with Crippen molar-refractivity contribution in [3.8, 4) is 0 Å². The van der Waals surface area contributed by atoms with E-state index in [9.17, 15) is 5.11 Å². The summed E-state index contributed by atoms with van der Waals surface area (Å²) >= 11 is 0. The van der Waals surface area contributed by atoms with E-state index in [0.717, 1.165) is 39.0 Å². The van der Waals surface area contributed by atoms with Crippen molar-refractivity contribution in [2.24, 2.45) is 11.7 Å². The van der Waals surface area contributed by atoms with Gasteiger partial charge in [0.15, 0.2) is 0 Å². The van der Waals surface area contributed by atoms with Gasteiger partial charge in [-0.3, -0.25) is 0 Å². The summed E-state index contributed by atoms with van der Waals surface area (Å²) in [6.07, 6.45) is 5.61. The molecule has 1 aliphatic carbocycles. The van der Waals surface area contributed by atoms with Gasteiger partial charge >= 0.3 is 0 Å². The van der Waals surface area contributed by atoms with Gasteiger partial charge in [0.25, 0.3) is 0 Å². The molecule has 0 bridgehead atoms. The third-order valence-electron chi connectivity index (χ3n) is 3.76. The highest BCUT2D eigenvalue weighted by molar-refractivity contribution is 4.89. The summed E-state index contributed by atoms with van der Waals surface area (Å²) in [6, 6.07) is 0. The largest absolute Gasteiger partial charge is 0.389 e. The maximum absolute atomic E-state index is 10.2. The van der Waals surface area contributed by atoms with Crippen LogP contribution in [-0.2, 0) is 0 Å². The summed E-state index contributed by atoms with van der Waals surface area (Å²) in [5.41, 5.74) is 5.28. The lowest BCUT2D eigenvalue weighted by Crippen LogP contribution is -2.40. The second-order valence-electron chi connectivity index (χ2n) is 5.06. The topological polar surface area (TPSA) is 49.5 Å². The molecule has 1 saturated carbocycles. The summed E-state index contributed by atoms with van der Waals surface area (Å²) in [7, 11) is 0. The van der Waals surface area contributed by atoms with Gasteiger partial charge in [0.05, 0.1) is 5.60 Å². The van der Waals surface area contributed by atoms with Gasteiger partial charge in [-0.1, -0.05) is 12.8 Å². The van der Waals surface area contributed by atoms with Crippen LogP contribution in [0.2, 0.25) is 0 Å². The van der Waals surface area contributed by atoms with Crippen molar-refractivity contribution in [1.82, 2.24) is 4.90 Å². The smallest absolute Gasteiger partial charge is 0.0774 e. The first-order valence-corrected chi connectivity index (χ1v) is 5.87. The summed E-state index contributed by atoms with van der Waals surface area (Å²) in [6.45, 7) is 3.90. The SMILES string of the molecule is NCC1CCN(CC2(O)CCCC2)C1. The summed E-state index contributed by atoms with van der Waals surface area (Å²) < 4.78 is 0. The van der Waals surface area contributed by atoms with Crippen molar-refractivity contribution in [3.05, 3.63) is 0 Å². The normalized spacial score (nSPS) is 32.6. The summed E-state index contributed by atoms with van der Waals surface area (Å²) in [5.74, 6) is 0.667. The standard InChI is InChI=1S/C11H22N2O/c12-7-10-3-6-13(8-10)9-11(14)4-1-2-5-11/h10,14H,1-9,12H2. The van der Waals surface area contributed by atoms with Crippen LogP contribution in [0.5, 0.6) is 0 Å². The molecule has 82 valence electrons. The Balaban J connectivity index is 1.80. The molecule has 0 aromatic heterocycles. The van der Waals surface area contributed by atoms with E-state index in [0.29, 0.717) is 5.92 Å². The zero-order valence-electron chi connectivity index (χ0n) is 8.91. The average Bonchev–Trinajstić information content (AvgIpc) is 2.75. The van der Waals surface area contributed by atoms with E-state index < -0.39 is 0 Å². The van der Waals surface area contributed by atoms with Gasteiger partial charge in [-0.2, -0.15) is 0 Å². The molecule has 2 aliphatic rings. The van der Waals surface area contributed by atoms with Crippen LogP contribution in [0.15, 0.2) is 0 Å². The fourth-order valence-corrected chi connectivity index (χ4v) is 2.86. The lowest BCUT2D eigenvalue weighted by Gasteiger charge is -2.28. The van der Waals surface area contributed by atoms with Gasteiger partial charge in [-0.05, 0) is 38.3 Å². The van der Waals surface area contributed by atoms with Crippen molar-refractivity contribution >= 4 is 0 Å². The number of β-amino-alcohol motifs (C(OH)–C–C–N with tert-alkyl or cyclic N) is 1. The Morgan fingerprint density at radius 1 is 1.36 bits per heavy atom. The fraction of sp³-hybridized carbons (Fsp3) is 1.00. The van der Waals surface area contributed by atoms with Crippen LogP contribution < -0.4 is 5.73 Å². The van der Waals surface area contributed by atoms with Crippen LogP contribution in [0.4, 0.5) is 0 Å². The Morgan fingerprint density at radius 3 is 2.64 bits per heavy atom. The molecule has 3 heteroatoms. The van der Waals surface area contributed by atoms with E-state index in [1.807, 2.05) is 0 Å². The van der Waals surface area contributed by atoms with Crippen LogP contribution in [0.1, 0.15) is 32.1 Å². The molecule has 0 aromatic rings. The first-order valence-electron chi connectivity index (χ1n) is 5.87. The van der Waals surface area contributed by atoms with Crippen LogP contribution in [0.25, 0.3) is 0 Å². The molecule has 1 heterocycles. The zero-order chi connectivity index (χ0) is 10.0. The molecule has 1 atom stereocenters. The number of likely N-dealkylation sites (tertiary alicyclic amines) is 1. The van der Waals surface area contributed by atoms with E-state index in [2.05, 4.69) is 4.90 Å². The van der Waals surface area contributed by atoms with Crippen molar-refractivity contribution in [1.29, 1.82) is 0 Å². The van der Waals surface area contributed by atoms with Crippen molar-refractivity contribution < 1.29 is 5.11 Å². The van der Waals surface area contributed by atoms with Crippen LogP contribution >= 0.6 is 0 Å². The first-order chi connectivity index (χ1) is 6.72. The minimum absolute atomic E-state index is 0.372. The highest BCUT2D eigenvalue weighted by Crippen LogP contribution is 2.31. The van der Waals surface area contributed by atoms with E-state index in [-0.39, 0.29) is 5.60 Å². The Labute approximate surface area is 86.3 Å². The van der Waals surface area contributed by atoms with Crippen molar-refractivity contribution in [2.75, 3.05) is 26.2 Å². The lowest BCUT2D eigenvalue weighted by molar-refractivity contribution is 0.0149. The highest BCUT2D eigenvalue weighted by Gasteiger charge is 2.34. The van der Waals surface area contributed by atoms with Crippen molar-refractivity contribution in [3.63, 3.8) is 0 Å². The highest BCUT2D eigenvalue weighted by atomic mass is 16.3. The molecule has 1 aliphatic heterocycles. The maximum Gasteiger partial charge on any atom is 0.0774 e. The van der Waals surface area contributed by atoms with Gasteiger partial charge in [0.1, 0.15) is 0 Å². The molecule has 0 radical (unpaired) electrons. The number of nitrogens with two attached hydrogens (primary N) is 1. The van der Waals surface area contributed by atoms with Crippen LogP contribution in [0.3, 0.4) is 0 Å². The van der Waals surface area contributed by atoms with E-state index in [4.69, 9.17) is 5.73 Å². The summed E-state index contributed by atoms with van der Waals surface area (Å²) in [4.78, 5) is 2.39. The zero-order valence-corrected chi connectivity index (χ0v) is 8.91. The molecule has 2 fully saturated rings. The molecule has 14 heavy (non-hydrogen) atoms. The monoisotopic (exact) mass is 198 g/mol. The Kier molecular flexibility index (Phi) is 3.10. The van der Waals surface area contributed by atoms with Gasteiger partial charge in [0.2, 0.25) is 0 Å². The molecular formula is C11H22N2O. The minimum Gasteiger partial charge on any atom is -0.389 e. The third-order valence-corrected chi connectivity index (χ3v) is 3.76. The van der Waals surface area contributed by atoms with E-state index in [1.54, 1.807) is 0 Å². The Morgan fingerprint density at radius 2 is 2.07 bits per heavy atom. The second-order valence-corrected chi connectivity index (χ2v) is 5.06. The molecule has 3 N–H and O–H groups in total. The maximum atomic E-state index is 10.2. The molecule has 0 amide bonds. The van der Waals surface area contributed by atoms with Gasteiger partial charge in [-0.25, -0.2) is 0 Å². The van der Waals surface area contributed by atoms with Crippen LogP contribution in [0, 0.1) is 5.92 Å². The predicted octanol–water partition coefficient (Wildman–Crippen LogP) is 0.572. The molecule has 1 saturated heterocycles. The molecule has 3 nitrogen and oxygen atoms in total. The average molecular weight is 198 g/mol. The van der Waals surface area contributed by atoms with Crippen LogP contribution in [-0.4, -0.2) is 41.8 Å². The summed E-state index contributed by atoms with van der Waals surface area (Å²) in [5, 5.41) is 10.2. The molecular weight excluding hydrogens is 176 g/mol. The molecule has 2 rings (SSSR count). The third kappa shape index (κ3) is 2.27. The fourth-order valence-electron chi connectivity index (χ4n) is 2.86. The number of hydrogen-bond donors (Lipinski definition) is 2. The Bertz CT molecular complexity index is 190. The number of aliphatic hydroxyl groups is 1.